The molecule has 23 heavy (non-hydrogen) atoms. The maximum atomic E-state index is 12.6. The van der Waals surface area contributed by atoms with Crippen molar-refractivity contribution in [2.24, 2.45) is 0 Å². The monoisotopic (exact) mass is 325 g/mol. The van der Waals surface area contributed by atoms with Gasteiger partial charge in [-0.3, -0.25) is 9.78 Å². The summed E-state index contributed by atoms with van der Waals surface area (Å²) in [6.07, 6.45) is 5.79. The molecule has 3 aromatic rings. The third-order valence-electron chi connectivity index (χ3n) is 3.63. The van der Waals surface area contributed by atoms with Crippen molar-refractivity contribution in [3.63, 3.8) is 0 Å². The Labute approximate surface area is 139 Å². The van der Waals surface area contributed by atoms with Gasteiger partial charge in [0.1, 0.15) is 5.69 Å². The molecule has 1 N–H and O–H groups in total. The van der Waals surface area contributed by atoms with Crippen LogP contribution in [0.25, 0.3) is 10.2 Å². The van der Waals surface area contributed by atoms with Crippen LogP contribution in [0.4, 0.5) is 0 Å². The summed E-state index contributed by atoms with van der Waals surface area (Å²) < 4.78 is 3.21. The van der Waals surface area contributed by atoms with Crippen LogP contribution in [0.15, 0.2) is 48.7 Å². The molecule has 4 nitrogen and oxygen atoms in total. The first-order valence-corrected chi connectivity index (χ1v) is 8.39. The Morgan fingerprint density at radius 3 is 3.00 bits per heavy atom. The summed E-state index contributed by atoms with van der Waals surface area (Å²) in [5, 5.41) is 2.96. The molecule has 0 saturated carbocycles. The van der Waals surface area contributed by atoms with E-state index in [1.807, 2.05) is 37.3 Å². The van der Waals surface area contributed by atoms with Gasteiger partial charge in [0.05, 0.1) is 22.5 Å². The lowest BCUT2D eigenvalue weighted by molar-refractivity contribution is 0.0942. The van der Waals surface area contributed by atoms with Crippen LogP contribution in [0.5, 0.6) is 0 Å². The molecule has 118 valence electrons. The average molecular weight is 325 g/mol. The molecule has 0 aromatic carbocycles. The van der Waals surface area contributed by atoms with Crippen LogP contribution in [0.3, 0.4) is 0 Å². The topological polar surface area (TPSA) is 46.9 Å². The second kappa shape index (κ2) is 6.79. The summed E-state index contributed by atoms with van der Waals surface area (Å²) >= 11 is 1.72. The van der Waals surface area contributed by atoms with E-state index in [9.17, 15) is 4.79 Å². The first-order chi connectivity index (χ1) is 11.2. The number of aromatic nitrogens is 2. The highest BCUT2D eigenvalue weighted by atomic mass is 32.1. The molecular formula is C18H19N3OS. The Hall–Kier alpha value is -2.40. The first kappa shape index (κ1) is 15.5. The smallest absolute Gasteiger partial charge is 0.268 e. The number of pyridine rings is 1. The Balaban J connectivity index is 1.85. The van der Waals surface area contributed by atoms with Gasteiger partial charge >= 0.3 is 0 Å². The van der Waals surface area contributed by atoms with E-state index >= 15 is 0 Å². The quantitative estimate of drug-likeness (QED) is 0.723. The van der Waals surface area contributed by atoms with Crippen LogP contribution in [0.2, 0.25) is 0 Å². The molecule has 3 rings (SSSR count). The lowest BCUT2D eigenvalue weighted by atomic mass is 10.3. The number of allylic oxidation sites excluding steroid dienone is 2. The molecule has 0 aliphatic rings. The van der Waals surface area contributed by atoms with Crippen LogP contribution < -0.4 is 5.32 Å². The number of carbonyl (C=O) groups is 1. The van der Waals surface area contributed by atoms with E-state index in [4.69, 9.17) is 0 Å². The summed E-state index contributed by atoms with van der Waals surface area (Å²) in [6.45, 7) is 5.20. The van der Waals surface area contributed by atoms with Crippen LogP contribution in [0.1, 0.15) is 28.0 Å². The number of hydrogen-bond donors (Lipinski definition) is 1. The number of hydrogen-bond acceptors (Lipinski definition) is 3. The van der Waals surface area contributed by atoms with Crippen molar-refractivity contribution < 1.29 is 4.79 Å². The standard InChI is InChI=1S/C18H19N3OS/c1-3-4-9-21-15-10-13(2)23-17(15)11-16(21)18(22)20-12-14-7-5-6-8-19-14/h3-8,10-11H,9,12H2,1-2H3,(H,20,22)/b4-3+. The van der Waals surface area contributed by atoms with Crippen molar-refractivity contribution in [2.75, 3.05) is 0 Å². The van der Waals surface area contributed by atoms with Crippen LogP contribution in [-0.2, 0) is 13.1 Å². The summed E-state index contributed by atoms with van der Waals surface area (Å²) in [5.41, 5.74) is 2.67. The van der Waals surface area contributed by atoms with E-state index in [1.165, 1.54) is 4.88 Å². The maximum Gasteiger partial charge on any atom is 0.268 e. The molecule has 3 heterocycles. The average Bonchev–Trinajstić information content (AvgIpc) is 3.08. The SMILES string of the molecule is C/C=C/Cn1c(C(=O)NCc2ccccn2)cc2sc(C)cc21. The lowest BCUT2D eigenvalue weighted by Crippen LogP contribution is -2.25. The van der Waals surface area contributed by atoms with E-state index in [2.05, 4.69) is 33.9 Å². The number of carbonyl (C=O) groups excluding carboxylic acids is 1. The highest BCUT2D eigenvalue weighted by Gasteiger charge is 2.16. The summed E-state index contributed by atoms with van der Waals surface area (Å²) in [7, 11) is 0. The fourth-order valence-corrected chi connectivity index (χ4v) is 3.49. The zero-order valence-corrected chi connectivity index (χ0v) is 14.1. The fraction of sp³-hybridized carbons (Fsp3) is 0.222. The number of rotatable bonds is 5. The van der Waals surface area contributed by atoms with E-state index < -0.39 is 0 Å². The molecule has 0 aliphatic heterocycles. The number of fused-ring (bicyclic) bond motifs is 1. The van der Waals surface area contributed by atoms with Crippen molar-refractivity contribution >= 4 is 27.5 Å². The van der Waals surface area contributed by atoms with Crippen molar-refractivity contribution in [2.45, 2.75) is 26.9 Å². The third kappa shape index (κ3) is 3.35. The van der Waals surface area contributed by atoms with Gasteiger partial charge < -0.3 is 9.88 Å². The zero-order chi connectivity index (χ0) is 16.2. The minimum absolute atomic E-state index is 0.0683. The Bertz CT molecular complexity index is 846. The molecule has 0 unspecified atom stereocenters. The molecule has 0 atom stereocenters. The highest BCUT2D eigenvalue weighted by Crippen LogP contribution is 2.28. The summed E-state index contributed by atoms with van der Waals surface area (Å²) in [4.78, 5) is 18.1. The van der Waals surface area contributed by atoms with Gasteiger partial charge in [-0.2, -0.15) is 0 Å². The van der Waals surface area contributed by atoms with Gasteiger partial charge in [-0.25, -0.2) is 0 Å². The number of nitrogens with zero attached hydrogens (tertiary/aromatic N) is 2. The molecule has 3 aromatic heterocycles. The molecule has 0 aliphatic carbocycles. The van der Waals surface area contributed by atoms with Gasteiger partial charge in [-0.05, 0) is 38.1 Å². The second-order valence-electron chi connectivity index (χ2n) is 5.32. The predicted octanol–water partition coefficient (Wildman–Crippen LogP) is 3.91. The second-order valence-corrected chi connectivity index (χ2v) is 6.61. The van der Waals surface area contributed by atoms with Gasteiger partial charge in [-0.15, -0.1) is 11.3 Å². The number of thiophene rings is 1. The summed E-state index contributed by atoms with van der Waals surface area (Å²) in [5.74, 6) is -0.0683. The van der Waals surface area contributed by atoms with Crippen molar-refractivity contribution in [1.82, 2.24) is 14.9 Å². The molecule has 1 amide bonds. The number of aryl methyl sites for hydroxylation is 1. The van der Waals surface area contributed by atoms with Crippen LogP contribution in [0, 0.1) is 6.92 Å². The van der Waals surface area contributed by atoms with E-state index in [0.717, 1.165) is 15.9 Å². The van der Waals surface area contributed by atoms with E-state index in [0.29, 0.717) is 18.8 Å². The molecule has 5 heteroatoms. The third-order valence-corrected chi connectivity index (χ3v) is 4.61. The van der Waals surface area contributed by atoms with Crippen molar-refractivity contribution in [1.29, 1.82) is 0 Å². The van der Waals surface area contributed by atoms with Crippen LogP contribution >= 0.6 is 11.3 Å². The molecule has 0 saturated heterocycles. The molecule has 0 spiro atoms. The molecule has 0 radical (unpaired) electrons. The minimum Gasteiger partial charge on any atom is -0.345 e. The zero-order valence-electron chi connectivity index (χ0n) is 13.2. The maximum absolute atomic E-state index is 12.6. The lowest BCUT2D eigenvalue weighted by Gasteiger charge is -2.08. The van der Waals surface area contributed by atoms with Gasteiger partial charge in [0.2, 0.25) is 0 Å². The first-order valence-electron chi connectivity index (χ1n) is 7.58. The van der Waals surface area contributed by atoms with Gasteiger partial charge in [0.15, 0.2) is 0 Å². The molecular weight excluding hydrogens is 306 g/mol. The molecule has 0 fully saturated rings. The van der Waals surface area contributed by atoms with Crippen molar-refractivity contribution in [3.8, 4) is 0 Å². The van der Waals surface area contributed by atoms with E-state index in [1.54, 1.807) is 17.5 Å². The highest BCUT2D eigenvalue weighted by molar-refractivity contribution is 7.19. The number of amides is 1. The summed E-state index contributed by atoms with van der Waals surface area (Å²) in [6, 6.07) is 9.80. The minimum atomic E-state index is -0.0683. The Kier molecular flexibility index (Phi) is 4.57. The van der Waals surface area contributed by atoms with Gasteiger partial charge in [-0.1, -0.05) is 18.2 Å². The normalized spacial score (nSPS) is 11.4. The van der Waals surface area contributed by atoms with E-state index in [-0.39, 0.29) is 5.91 Å². The number of nitrogens with one attached hydrogen (secondary N) is 1. The Morgan fingerprint density at radius 2 is 2.26 bits per heavy atom. The van der Waals surface area contributed by atoms with Crippen molar-refractivity contribution in [3.05, 3.63) is 64.9 Å². The fourth-order valence-electron chi connectivity index (χ4n) is 2.52. The van der Waals surface area contributed by atoms with Gasteiger partial charge in [0, 0.05) is 17.6 Å². The molecule has 0 bridgehead atoms. The largest absolute Gasteiger partial charge is 0.345 e. The van der Waals surface area contributed by atoms with Crippen LogP contribution in [-0.4, -0.2) is 15.5 Å². The predicted molar refractivity (Wildman–Crippen MR) is 94.8 cm³/mol. The van der Waals surface area contributed by atoms with Gasteiger partial charge in [0.25, 0.3) is 5.91 Å². The Morgan fingerprint density at radius 1 is 1.39 bits per heavy atom.